The van der Waals surface area contributed by atoms with Crippen LogP contribution >= 0.6 is 35.3 Å². The third-order valence-electron chi connectivity index (χ3n) is 6.77. The molecule has 6 heteroatoms. The normalized spacial score (nSPS) is 28.8. The van der Waals surface area contributed by atoms with Crippen LogP contribution in [0.2, 0.25) is 5.02 Å². The number of carbonyl (C=O) groups is 1. The first-order valence-electron chi connectivity index (χ1n) is 9.73. The molecular formula is C21H26Cl2N2OS. The lowest BCUT2D eigenvalue weighted by Crippen LogP contribution is -2.69. The standard InChI is InChI=1S/C21H25ClN2OS.ClH/c1-21(2)19(13-7-9-24(21)10-8-13)23-20(25)16-11-14-5-6-15(12-3-4-12)17(22)18(14)26-16;/h5-6,11-13,19H,3-4,7-10H2,1-2H3,(H,23,25);1H. The van der Waals surface area contributed by atoms with E-state index in [4.69, 9.17) is 11.6 Å². The maximum atomic E-state index is 13.0. The second-order valence-corrected chi connectivity index (χ2v) is 10.1. The van der Waals surface area contributed by atoms with Crippen LogP contribution in [0.1, 0.15) is 60.7 Å². The SMILES string of the molecule is CC1(C)C(NC(=O)c2cc3ccc(C4CC4)c(Cl)c3s2)C2CCN1CC2.Cl. The second-order valence-electron chi connectivity index (χ2n) is 8.70. The Hall–Kier alpha value is -0.810. The summed E-state index contributed by atoms with van der Waals surface area (Å²) in [5, 5.41) is 5.32. The average molecular weight is 425 g/mol. The van der Waals surface area contributed by atoms with Gasteiger partial charge in [0.1, 0.15) is 0 Å². The highest BCUT2D eigenvalue weighted by atomic mass is 35.5. The molecule has 0 radical (unpaired) electrons. The first-order chi connectivity index (χ1) is 12.4. The minimum atomic E-state index is 0. The average Bonchev–Trinajstić information content (AvgIpc) is 3.36. The summed E-state index contributed by atoms with van der Waals surface area (Å²) in [6, 6.07) is 6.50. The van der Waals surface area contributed by atoms with E-state index in [-0.39, 0.29) is 29.9 Å². The Balaban J connectivity index is 0.00000180. The maximum Gasteiger partial charge on any atom is 0.261 e. The van der Waals surface area contributed by atoms with Crippen LogP contribution in [0.4, 0.5) is 0 Å². The van der Waals surface area contributed by atoms with E-state index in [0.717, 1.165) is 33.1 Å². The van der Waals surface area contributed by atoms with Crippen LogP contribution in [0, 0.1) is 5.92 Å². The van der Waals surface area contributed by atoms with E-state index in [1.54, 1.807) is 11.3 Å². The molecule has 1 unspecified atom stereocenters. The molecule has 1 aliphatic carbocycles. The lowest BCUT2D eigenvalue weighted by atomic mass is 9.72. The van der Waals surface area contributed by atoms with Gasteiger partial charge in [-0.3, -0.25) is 9.69 Å². The van der Waals surface area contributed by atoms with Gasteiger partial charge in [0, 0.05) is 11.6 Å². The molecule has 3 saturated heterocycles. The monoisotopic (exact) mass is 424 g/mol. The van der Waals surface area contributed by atoms with Crippen molar-refractivity contribution >= 4 is 51.3 Å². The fraction of sp³-hybridized carbons (Fsp3) is 0.571. The number of nitrogens with one attached hydrogen (secondary N) is 1. The van der Waals surface area contributed by atoms with Crippen molar-refractivity contribution in [3.63, 3.8) is 0 Å². The Morgan fingerprint density at radius 2 is 1.93 bits per heavy atom. The zero-order chi connectivity index (χ0) is 18.1. The summed E-state index contributed by atoms with van der Waals surface area (Å²) in [6.45, 7) is 6.86. The van der Waals surface area contributed by atoms with Crippen molar-refractivity contribution in [3.05, 3.63) is 33.7 Å². The van der Waals surface area contributed by atoms with Gasteiger partial charge in [-0.15, -0.1) is 23.7 Å². The molecule has 1 amide bonds. The predicted molar refractivity (Wildman–Crippen MR) is 116 cm³/mol. The van der Waals surface area contributed by atoms with Gasteiger partial charge in [-0.25, -0.2) is 0 Å². The Morgan fingerprint density at radius 1 is 1.22 bits per heavy atom. The van der Waals surface area contributed by atoms with Gasteiger partial charge in [0.05, 0.1) is 14.6 Å². The third-order valence-corrected chi connectivity index (χ3v) is 8.46. The molecule has 146 valence electrons. The smallest absolute Gasteiger partial charge is 0.261 e. The summed E-state index contributed by atoms with van der Waals surface area (Å²) in [5.41, 5.74) is 1.29. The van der Waals surface area contributed by atoms with Gasteiger partial charge in [-0.2, -0.15) is 0 Å². The minimum absolute atomic E-state index is 0. The highest BCUT2D eigenvalue weighted by Gasteiger charge is 2.48. The molecule has 4 aliphatic rings. The molecule has 6 rings (SSSR count). The predicted octanol–water partition coefficient (Wildman–Crippen LogP) is 5.46. The van der Waals surface area contributed by atoms with E-state index in [1.807, 2.05) is 6.07 Å². The number of thiophene rings is 1. The number of halogens is 2. The number of hydrogen-bond acceptors (Lipinski definition) is 3. The van der Waals surface area contributed by atoms with Crippen molar-refractivity contribution in [2.45, 2.75) is 57.0 Å². The van der Waals surface area contributed by atoms with E-state index in [1.165, 1.54) is 31.2 Å². The van der Waals surface area contributed by atoms with Gasteiger partial charge < -0.3 is 5.32 Å². The lowest BCUT2D eigenvalue weighted by molar-refractivity contribution is -0.0377. The van der Waals surface area contributed by atoms with Crippen LogP contribution in [0.3, 0.4) is 0 Å². The molecule has 27 heavy (non-hydrogen) atoms. The van der Waals surface area contributed by atoms with Crippen LogP contribution in [-0.2, 0) is 0 Å². The van der Waals surface area contributed by atoms with E-state index in [9.17, 15) is 4.79 Å². The summed E-state index contributed by atoms with van der Waals surface area (Å²) in [5.74, 6) is 1.28. The zero-order valence-corrected chi connectivity index (χ0v) is 18.1. The molecule has 1 aromatic carbocycles. The quantitative estimate of drug-likeness (QED) is 0.709. The molecule has 1 saturated carbocycles. The van der Waals surface area contributed by atoms with E-state index in [0.29, 0.717) is 11.8 Å². The first-order valence-corrected chi connectivity index (χ1v) is 10.9. The zero-order valence-electron chi connectivity index (χ0n) is 15.8. The van der Waals surface area contributed by atoms with Crippen molar-refractivity contribution in [2.24, 2.45) is 5.92 Å². The van der Waals surface area contributed by atoms with Crippen LogP contribution in [0.15, 0.2) is 18.2 Å². The summed E-state index contributed by atoms with van der Waals surface area (Å²) in [7, 11) is 0. The number of amides is 1. The van der Waals surface area contributed by atoms with Gasteiger partial charge in [-0.1, -0.05) is 23.7 Å². The number of carbonyl (C=O) groups excluding carboxylic acids is 1. The van der Waals surface area contributed by atoms with Crippen molar-refractivity contribution in [2.75, 3.05) is 13.1 Å². The fourth-order valence-corrected chi connectivity index (χ4v) is 6.45. The maximum absolute atomic E-state index is 13.0. The molecule has 4 fully saturated rings. The minimum Gasteiger partial charge on any atom is -0.346 e. The van der Waals surface area contributed by atoms with Gasteiger partial charge >= 0.3 is 0 Å². The lowest BCUT2D eigenvalue weighted by Gasteiger charge is -2.56. The van der Waals surface area contributed by atoms with E-state index >= 15 is 0 Å². The molecule has 1 atom stereocenters. The van der Waals surface area contributed by atoms with Crippen LogP contribution in [0.25, 0.3) is 10.1 Å². The highest BCUT2D eigenvalue weighted by molar-refractivity contribution is 7.21. The Labute approximate surface area is 175 Å². The van der Waals surface area contributed by atoms with Crippen molar-refractivity contribution in [1.29, 1.82) is 0 Å². The summed E-state index contributed by atoms with van der Waals surface area (Å²) in [6.07, 6.45) is 4.85. The van der Waals surface area contributed by atoms with Crippen molar-refractivity contribution in [1.82, 2.24) is 10.2 Å². The fourth-order valence-electron chi connectivity index (χ4n) is 5.00. The third kappa shape index (κ3) is 3.19. The summed E-state index contributed by atoms with van der Waals surface area (Å²) >= 11 is 8.20. The molecule has 1 N–H and O–H groups in total. The molecule has 3 aliphatic heterocycles. The van der Waals surface area contributed by atoms with Gasteiger partial charge in [0.15, 0.2) is 0 Å². The topological polar surface area (TPSA) is 32.3 Å². The molecular weight excluding hydrogens is 399 g/mol. The Kier molecular flexibility index (Phi) is 4.99. The molecule has 4 heterocycles. The molecule has 0 spiro atoms. The number of hydrogen-bond donors (Lipinski definition) is 1. The van der Waals surface area contributed by atoms with E-state index in [2.05, 4.69) is 36.2 Å². The number of benzene rings is 1. The number of nitrogens with zero attached hydrogens (tertiary/aromatic N) is 1. The number of piperidine rings is 3. The summed E-state index contributed by atoms with van der Waals surface area (Å²) in [4.78, 5) is 16.3. The molecule has 3 nitrogen and oxygen atoms in total. The van der Waals surface area contributed by atoms with Crippen LogP contribution in [0.5, 0.6) is 0 Å². The molecule has 1 aromatic heterocycles. The molecule has 2 aromatic rings. The summed E-state index contributed by atoms with van der Waals surface area (Å²) < 4.78 is 1.06. The van der Waals surface area contributed by atoms with Gasteiger partial charge in [0.2, 0.25) is 0 Å². The van der Waals surface area contributed by atoms with E-state index < -0.39 is 0 Å². The molecule has 2 bridgehead atoms. The Morgan fingerprint density at radius 3 is 2.56 bits per heavy atom. The number of fused-ring (bicyclic) bond motifs is 4. The largest absolute Gasteiger partial charge is 0.346 e. The van der Waals surface area contributed by atoms with Crippen LogP contribution in [-0.4, -0.2) is 35.5 Å². The first kappa shape index (κ1) is 19.5. The van der Waals surface area contributed by atoms with Gasteiger partial charge in [-0.05, 0) is 81.5 Å². The van der Waals surface area contributed by atoms with Crippen LogP contribution < -0.4 is 5.32 Å². The van der Waals surface area contributed by atoms with Crippen molar-refractivity contribution in [3.8, 4) is 0 Å². The van der Waals surface area contributed by atoms with Crippen molar-refractivity contribution < 1.29 is 4.79 Å². The van der Waals surface area contributed by atoms with Gasteiger partial charge in [0.25, 0.3) is 5.91 Å². The second kappa shape index (κ2) is 6.91. The number of rotatable bonds is 3. The highest BCUT2D eigenvalue weighted by Crippen LogP contribution is 2.46. The Bertz CT molecular complexity index is 882.